The van der Waals surface area contributed by atoms with Crippen molar-refractivity contribution in [3.05, 3.63) is 10.4 Å². The number of hydrogen-bond donors (Lipinski definition) is 0. The quantitative estimate of drug-likeness (QED) is 0.316. The van der Waals surface area contributed by atoms with Crippen LogP contribution in [0.1, 0.15) is 13.8 Å². The van der Waals surface area contributed by atoms with Crippen molar-refractivity contribution in [1.82, 2.24) is 0 Å². The summed E-state index contributed by atoms with van der Waals surface area (Å²) in [5.74, 6) is -0.652. The van der Waals surface area contributed by atoms with Gasteiger partial charge in [0.2, 0.25) is 0 Å². The molecule has 2 heterocycles. The monoisotopic (exact) mass is 233 g/mol. The zero-order valence-corrected chi connectivity index (χ0v) is 9.22. The van der Waals surface area contributed by atoms with Crippen molar-refractivity contribution < 1.29 is 14.2 Å². The molecule has 0 saturated carbocycles. The predicted molar refractivity (Wildman–Crippen MR) is 52.4 cm³/mol. The third kappa shape index (κ3) is 2.04. The second-order valence-corrected chi connectivity index (χ2v) is 4.43. The third-order valence-electron chi connectivity index (χ3n) is 2.42. The summed E-state index contributed by atoms with van der Waals surface area (Å²) < 4.78 is 16.6. The van der Waals surface area contributed by atoms with Gasteiger partial charge in [-0.15, -0.1) is 0 Å². The van der Waals surface area contributed by atoms with Crippen molar-refractivity contribution in [1.29, 1.82) is 0 Å². The van der Waals surface area contributed by atoms with Crippen molar-refractivity contribution in [2.75, 3.05) is 6.54 Å². The molecule has 2 saturated heterocycles. The fourth-order valence-corrected chi connectivity index (χ4v) is 2.22. The van der Waals surface area contributed by atoms with Crippen LogP contribution in [0.2, 0.25) is 0 Å². The van der Waals surface area contributed by atoms with Gasteiger partial charge in [-0.25, -0.2) is 0 Å². The van der Waals surface area contributed by atoms with Crippen LogP contribution in [0.4, 0.5) is 0 Å². The van der Waals surface area contributed by atoms with E-state index in [1.54, 1.807) is 0 Å². The molecule has 6 nitrogen and oxygen atoms in total. The van der Waals surface area contributed by atoms with E-state index in [1.165, 1.54) is 0 Å². The van der Waals surface area contributed by atoms with E-state index in [2.05, 4.69) is 10.0 Å². The minimum absolute atomic E-state index is 0.209. The van der Waals surface area contributed by atoms with Crippen molar-refractivity contribution in [3.63, 3.8) is 0 Å². The summed E-state index contributed by atoms with van der Waals surface area (Å²) in [5.41, 5.74) is 7.69. The van der Waals surface area contributed by atoms with Crippen molar-refractivity contribution in [2.24, 2.45) is 5.11 Å². The van der Waals surface area contributed by atoms with Gasteiger partial charge in [-0.2, -0.15) is 0 Å². The molecule has 15 heavy (non-hydrogen) atoms. The fraction of sp³-hybridized carbons (Fsp3) is 1.00. The Morgan fingerprint density at radius 1 is 1.40 bits per heavy atom. The van der Waals surface area contributed by atoms with Crippen LogP contribution in [0, 0.1) is 0 Å². The number of rotatable bonds is 2. The molecule has 0 radical (unpaired) electrons. The standard InChI is InChI=1S/C8H12ClN3O3/c1-8(2)14-5-4(3-11-12-10)13-7(9)6(5)15-8/h4-7H,3H2,1-2H3/t4-,5-,6-,7+/m1/s1. The van der Waals surface area contributed by atoms with E-state index >= 15 is 0 Å². The van der Waals surface area contributed by atoms with E-state index in [9.17, 15) is 0 Å². The molecular weight excluding hydrogens is 222 g/mol. The summed E-state index contributed by atoms with van der Waals surface area (Å²) in [5, 5.41) is 3.46. The average Bonchev–Trinajstić information content (AvgIpc) is 2.60. The number of ether oxygens (including phenoxy) is 3. The first-order chi connectivity index (χ1) is 7.03. The van der Waals surface area contributed by atoms with E-state index in [4.69, 9.17) is 31.3 Å². The number of hydrogen-bond acceptors (Lipinski definition) is 4. The minimum atomic E-state index is -0.652. The first-order valence-electron chi connectivity index (χ1n) is 4.69. The van der Waals surface area contributed by atoms with E-state index in [-0.39, 0.29) is 24.9 Å². The highest BCUT2D eigenvalue weighted by molar-refractivity contribution is 6.20. The molecular formula is C8H12ClN3O3. The van der Waals surface area contributed by atoms with Crippen LogP contribution in [0.3, 0.4) is 0 Å². The summed E-state index contributed by atoms with van der Waals surface area (Å²) in [6.07, 6.45) is -0.872. The Kier molecular flexibility index (Phi) is 2.79. The Morgan fingerprint density at radius 2 is 2.07 bits per heavy atom. The lowest BCUT2D eigenvalue weighted by Crippen LogP contribution is -2.31. The second-order valence-electron chi connectivity index (χ2n) is 4.00. The molecule has 4 atom stereocenters. The highest BCUT2D eigenvalue weighted by Gasteiger charge is 2.54. The molecule has 0 bridgehead atoms. The minimum Gasteiger partial charge on any atom is -0.353 e. The normalized spacial score (nSPS) is 42.3. The van der Waals surface area contributed by atoms with Gasteiger partial charge >= 0.3 is 0 Å². The molecule has 0 aromatic heterocycles. The van der Waals surface area contributed by atoms with Gasteiger partial charge in [-0.3, -0.25) is 0 Å². The fourth-order valence-electron chi connectivity index (χ4n) is 1.89. The van der Waals surface area contributed by atoms with Crippen LogP contribution < -0.4 is 0 Å². The molecule has 0 unspecified atom stereocenters. The van der Waals surface area contributed by atoms with Crippen LogP contribution in [-0.2, 0) is 14.2 Å². The topological polar surface area (TPSA) is 76.5 Å². The van der Waals surface area contributed by atoms with Crippen LogP contribution in [0.25, 0.3) is 10.4 Å². The molecule has 2 aliphatic heterocycles. The summed E-state index contributed by atoms with van der Waals surface area (Å²) in [6.45, 7) is 3.85. The van der Waals surface area contributed by atoms with Crippen molar-refractivity contribution >= 4 is 11.6 Å². The Balaban J connectivity index is 2.08. The summed E-state index contributed by atoms with van der Waals surface area (Å²) in [7, 11) is 0. The van der Waals surface area contributed by atoms with Gasteiger partial charge in [0.25, 0.3) is 0 Å². The predicted octanol–water partition coefficient (Wildman–Crippen LogP) is 1.78. The number of alkyl halides is 1. The molecule has 2 aliphatic rings. The molecule has 2 rings (SSSR count). The van der Waals surface area contributed by atoms with Crippen LogP contribution >= 0.6 is 11.6 Å². The Morgan fingerprint density at radius 3 is 2.73 bits per heavy atom. The molecule has 0 spiro atoms. The maximum Gasteiger partial charge on any atom is 0.164 e. The molecule has 7 heteroatoms. The molecule has 84 valence electrons. The molecule has 0 aliphatic carbocycles. The Labute approximate surface area is 92.1 Å². The average molecular weight is 234 g/mol. The lowest BCUT2D eigenvalue weighted by molar-refractivity contribution is -0.177. The van der Waals surface area contributed by atoms with Crippen molar-refractivity contribution in [2.45, 2.75) is 43.5 Å². The van der Waals surface area contributed by atoms with Gasteiger partial charge < -0.3 is 14.2 Å². The number of halogens is 1. The third-order valence-corrected chi connectivity index (χ3v) is 2.77. The summed E-state index contributed by atoms with van der Waals surface area (Å²) in [6, 6.07) is 0. The van der Waals surface area contributed by atoms with Gasteiger partial charge in [0, 0.05) is 4.91 Å². The van der Waals surface area contributed by atoms with Crippen LogP contribution in [-0.4, -0.2) is 36.2 Å². The maximum absolute atomic E-state index is 8.23. The summed E-state index contributed by atoms with van der Waals surface area (Å²) >= 11 is 5.95. The van der Waals surface area contributed by atoms with E-state index in [1.807, 2.05) is 13.8 Å². The largest absolute Gasteiger partial charge is 0.353 e. The first-order valence-corrected chi connectivity index (χ1v) is 5.13. The van der Waals surface area contributed by atoms with E-state index in [0.717, 1.165) is 0 Å². The summed E-state index contributed by atoms with van der Waals surface area (Å²) in [4.78, 5) is 2.68. The number of nitrogens with zero attached hydrogens (tertiary/aromatic N) is 3. The van der Waals surface area contributed by atoms with Crippen molar-refractivity contribution in [3.8, 4) is 0 Å². The molecule has 0 amide bonds. The Hall–Kier alpha value is -0.520. The zero-order valence-electron chi connectivity index (χ0n) is 8.46. The van der Waals surface area contributed by atoms with Gasteiger partial charge in [-0.05, 0) is 19.4 Å². The highest BCUT2D eigenvalue weighted by atomic mass is 35.5. The molecule has 2 fully saturated rings. The van der Waals surface area contributed by atoms with Gasteiger partial charge in [0.1, 0.15) is 12.2 Å². The van der Waals surface area contributed by atoms with Gasteiger partial charge in [0.15, 0.2) is 11.4 Å². The van der Waals surface area contributed by atoms with Crippen LogP contribution in [0.15, 0.2) is 5.11 Å². The maximum atomic E-state index is 8.23. The Bertz CT molecular complexity index is 306. The lowest BCUT2D eigenvalue weighted by atomic mass is 10.1. The first kappa shape index (κ1) is 11.0. The molecule has 0 aromatic rings. The highest BCUT2D eigenvalue weighted by Crippen LogP contribution is 2.39. The second kappa shape index (κ2) is 3.81. The smallest absolute Gasteiger partial charge is 0.164 e. The number of azide groups is 1. The lowest BCUT2D eigenvalue weighted by Gasteiger charge is -2.21. The zero-order chi connectivity index (χ0) is 11.1. The van der Waals surface area contributed by atoms with E-state index < -0.39 is 11.4 Å². The van der Waals surface area contributed by atoms with E-state index in [0.29, 0.717) is 0 Å². The molecule has 0 N–H and O–H groups in total. The van der Waals surface area contributed by atoms with Crippen LogP contribution in [0.5, 0.6) is 0 Å². The number of fused-ring (bicyclic) bond motifs is 1. The van der Waals surface area contributed by atoms with Gasteiger partial charge in [0.05, 0.1) is 12.6 Å². The molecule has 0 aromatic carbocycles. The SMILES string of the molecule is CC1(C)O[C@@H]2[C@H](O1)[C@@H](CN=[N+]=[N-])O[C@@H]2Cl. The van der Waals surface area contributed by atoms with Gasteiger partial charge in [-0.1, -0.05) is 16.7 Å².